The summed E-state index contributed by atoms with van der Waals surface area (Å²) in [4.78, 5) is 0. The van der Waals surface area contributed by atoms with Crippen molar-refractivity contribution in [2.24, 2.45) is 5.92 Å². The molecule has 0 unspecified atom stereocenters. The predicted octanol–water partition coefficient (Wildman–Crippen LogP) is 3.92. The highest BCUT2D eigenvalue weighted by Crippen LogP contribution is 2.32. The van der Waals surface area contributed by atoms with Crippen LogP contribution in [0.15, 0.2) is 35.5 Å². The zero-order chi connectivity index (χ0) is 17.0. The smallest absolute Gasteiger partial charge is 0.0883 e. The lowest BCUT2D eigenvalue weighted by Crippen LogP contribution is -2.43. The van der Waals surface area contributed by atoms with Gasteiger partial charge in [-0.25, -0.2) is 0 Å². The van der Waals surface area contributed by atoms with E-state index in [9.17, 15) is 10.2 Å². The van der Waals surface area contributed by atoms with Crippen LogP contribution < -0.4 is 0 Å². The lowest BCUT2D eigenvalue weighted by Gasteiger charge is -2.36. The minimum Gasteiger partial charge on any atom is -0.388 e. The summed E-state index contributed by atoms with van der Waals surface area (Å²) in [6, 6.07) is 0. The van der Waals surface area contributed by atoms with Crippen LogP contribution in [-0.2, 0) is 4.74 Å². The van der Waals surface area contributed by atoms with E-state index in [1.165, 1.54) is 5.57 Å². The molecular formula is C20H32O3. The van der Waals surface area contributed by atoms with E-state index in [4.69, 9.17) is 4.74 Å². The average Bonchev–Trinajstić information content (AvgIpc) is 2.46. The van der Waals surface area contributed by atoms with Crippen molar-refractivity contribution in [3.63, 3.8) is 0 Å². The summed E-state index contributed by atoms with van der Waals surface area (Å²) in [6.07, 6.45) is 8.69. The van der Waals surface area contributed by atoms with Crippen LogP contribution in [0, 0.1) is 5.92 Å². The first-order chi connectivity index (χ1) is 10.8. The number of hydrogen-bond acceptors (Lipinski definition) is 3. The minimum atomic E-state index is -0.786. The largest absolute Gasteiger partial charge is 0.388 e. The number of fused-ring (bicyclic) bond motifs is 10. The third kappa shape index (κ3) is 5.03. The Hall–Kier alpha value is -0.900. The lowest BCUT2D eigenvalue weighted by molar-refractivity contribution is -0.109. The monoisotopic (exact) mass is 320 g/mol. The number of aliphatic hydroxyl groups excluding tert-OH is 1. The van der Waals surface area contributed by atoms with Crippen molar-refractivity contribution in [3.8, 4) is 0 Å². The number of allylic oxidation sites excluding steroid dienone is 2. The highest BCUT2D eigenvalue weighted by atomic mass is 16.5. The molecule has 3 aliphatic rings. The summed E-state index contributed by atoms with van der Waals surface area (Å²) in [6.45, 7) is 10.6. The molecule has 2 aliphatic heterocycles. The van der Waals surface area contributed by atoms with Gasteiger partial charge in [-0.1, -0.05) is 29.9 Å². The number of hydrogen-bond donors (Lipinski definition) is 2. The molecule has 2 heterocycles. The van der Waals surface area contributed by atoms with E-state index in [-0.39, 0.29) is 12.0 Å². The summed E-state index contributed by atoms with van der Waals surface area (Å²) in [7, 11) is 0. The Morgan fingerprint density at radius 1 is 1.35 bits per heavy atom. The second kappa shape index (κ2) is 7.78. The molecule has 23 heavy (non-hydrogen) atoms. The first-order valence-corrected chi connectivity index (χ1v) is 8.82. The zero-order valence-electron chi connectivity index (χ0n) is 14.8. The van der Waals surface area contributed by atoms with Gasteiger partial charge in [0.25, 0.3) is 0 Å². The van der Waals surface area contributed by atoms with Gasteiger partial charge in [0.2, 0.25) is 0 Å². The predicted molar refractivity (Wildman–Crippen MR) is 94.2 cm³/mol. The van der Waals surface area contributed by atoms with Gasteiger partial charge >= 0.3 is 0 Å². The van der Waals surface area contributed by atoms with Gasteiger partial charge in [-0.2, -0.15) is 0 Å². The molecule has 1 aliphatic carbocycles. The van der Waals surface area contributed by atoms with Crippen LogP contribution in [0.3, 0.4) is 0 Å². The summed E-state index contributed by atoms with van der Waals surface area (Å²) in [5.74, 6) is 0.0922. The summed E-state index contributed by atoms with van der Waals surface area (Å²) in [5, 5.41) is 21.3. The second-order valence-corrected chi connectivity index (χ2v) is 7.59. The molecule has 0 aromatic rings. The number of rotatable bonds is 1. The van der Waals surface area contributed by atoms with Crippen LogP contribution in [0.1, 0.15) is 59.3 Å². The van der Waals surface area contributed by atoms with Crippen molar-refractivity contribution >= 4 is 0 Å². The fourth-order valence-electron chi connectivity index (χ4n) is 3.62. The van der Waals surface area contributed by atoms with Crippen molar-refractivity contribution in [1.82, 2.24) is 0 Å². The van der Waals surface area contributed by atoms with Gasteiger partial charge in [-0.05, 0) is 64.9 Å². The van der Waals surface area contributed by atoms with Crippen LogP contribution in [-0.4, -0.2) is 34.6 Å². The van der Waals surface area contributed by atoms with E-state index in [0.29, 0.717) is 6.61 Å². The maximum atomic E-state index is 10.7. The van der Waals surface area contributed by atoms with Crippen molar-refractivity contribution in [2.45, 2.75) is 77.1 Å². The maximum Gasteiger partial charge on any atom is 0.0883 e. The minimum absolute atomic E-state index is 0.0922. The van der Waals surface area contributed by atoms with Gasteiger partial charge in [0.15, 0.2) is 0 Å². The molecule has 130 valence electrons. The Bertz CT molecular complexity index is 477. The Balaban J connectivity index is 2.21. The van der Waals surface area contributed by atoms with Crippen molar-refractivity contribution in [2.75, 3.05) is 6.61 Å². The first kappa shape index (κ1) is 18.4. The van der Waals surface area contributed by atoms with E-state index in [2.05, 4.69) is 19.6 Å². The maximum absolute atomic E-state index is 10.7. The Morgan fingerprint density at radius 3 is 2.70 bits per heavy atom. The zero-order valence-corrected chi connectivity index (χ0v) is 14.8. The average molecular weight is 320 g/mol. The standard InChI is InChI=1S/C20H32O3/c1-14(2)17-9-7-15(3)6-5-11-20(4,22)19-10-8-16(13-23-19)12-18(17)21/h6,12,17-19,21-22H,1,5,7-11,13H2,2-4H3/b15-6+,16-12+/t17-,18+,19+,20-/m1/s1. The summed E-state index contributed by atoms with van der Waals surface area (Å²) in [5.41, 5.74) is 2.70. The first-order valence-electron chi connectivity index (χ1n) is 8.82. The molecule has 1 saturated heterocycles. The highest BCUT2D eigenvalue weighted by Gasteiger charge is 2.34. The van der Waals surface area contributed by atoms with Gasteiger partial charge in [0.05, 0.1) is 24.4 Å². The second-order valence-electron chi connectivity index (χ2n) is 7.59. The SMILES string of the molecule is C=C(C)[C@H]1CC/C(C)=C/CC[C@@](C)(O)[C@@H]2CC/C(=C\[C@@H]1O)CO2. The van der Waals surface area contributed by atoms with Gasteiger partial charge in [0, 0.05) is 5.92 Å². The fraction of sp³-hybridized carbons (Fsp3) is 0.700. The van der Waals surface area contributed by atoms with Crippen LogP contribution in [0.5, 0.6) is 0 Å². The molecule has 0 saturated carbocycles. The van der Waals surface area contributed by atoms with Crippen LogP contribution >= 0.6 is 0 Å². The van der Waals surface area contributed by atoms with E-state index in [0.717, 1.165) is 49.7 Å². The molecule has 0 amide bonds. The van der Waals surface area contributed by atoms with Crippen molar-refractivity contribution < 1.29 is 14.9 Å². The van der Waals surface area contributed by atoms with Gasteiger partial charge in [0.1, 0.15) is 0 Å². The summed E-state index contributed by atoms with van der Waals surface area (Å²) >= 11 is 0. The van der Waals surface area contributed by atoms with Gasteiger partial charge < -0.3 is 14.9 Å². The topological polar surface area (TPSA) is 49.7 Å². The third-order valence-electron chi connectivity index (χ3n) is 5.34. The molecule has 2 bridgehead atoms. The van der Waals surface area contributed by atoms with Gasteiger partial charge in [-0.15, -0.1) is 0 Å². The summed E-state index contributed by atoms with van der Waals surface area (Å²) < 4.78 is 5.90. The molecule has 2 N–H and O–H groups in total. The fourth-order valence-corrected chi connectivity index (χ4v) is 3.62. The van der Waals surface area contributed by atoms with E-state index >= 15 is 0 Å². The third-order valence-corrected chi connectivity index (χ3v) is 5.34. The number of aliphatic hydroxyl groups is 2. The Labute approximate surface area is 140 Å². The Morgan fingerprint density at radius 2 is 2.09 bits per heavy atom. The molecule has 1 fully saturated rings. The normalized spacial score (nSPS) is 41.3. The number of ether oxygens (including phenoxy) is 1. The molecule has 4 atom stereocenters. The van der Waals surface area contributed by atoms with Gasteiger partial charge in [-0.3, -0.25) is 0 Å². The van der Waals surface area contributed by atoms with E-state index in [1.807, 2.05) is 19.9 Å². The quantitative estimate of drug-likeness (QED) is 0.720. The van der Waals surface area contributed by atoms with Crippen LogP contribution in [0.2, 0.25) is 0 Å². The molecule has 0 aromatic heterocycles. The molecule has 0 radical (unpaired) electrons. The van der Waals surface area contributed by atoms with E-state index < -0.39 is 11.7 Å². The molecule has 0 spiro atoms. The van der Waals surface area contributed by atoms with Crippen LogP contribution in [0.25, 0.3) is 0 Å². The van der Waals surface area contributed by atoms with E-state index in [1.54, 1.807) is 0 Å². The Kier molecular flexibility index (Phi) is 6.24. The molecule has 3 heteroatoms. The highest BCUT2D eigenvalue weighted by molar-refractivity contribution is 5.15. The molecule has 0 aromatic carbocycles. The van der Waals surface area contributed by atoms with Crippen molar-refractivity contribution in [3.05, 3.63) is 35.5 Å². The lowest BCUT2D eigenvalue weighted by atomic mass is 9.84. The molecule has 3 rings (SSSR count). The van der Waals surface area contributed by atoms with Crippen LogP contribution in [0.4, 0.5) is 0 Å². The van der Waals surface area contributed by atoms with Crippen molar-refractivity contribution in [1.29, 1.82) is 0 Å². The molecular weight excluding hydrogens is 288 g/mol. The molecule has 3 nitrogen and oxygen atoms in total.